The third-order valence-electron chi connectivity index (χ3n) is 1.55. The van der Waals surface area contributed by atoms with Crippen molar-refractivity contribution in [1.82, 2.24) is 4.57 Å². The van der Waals surface area contributed by atoms with E-state index in [-0.39, 0.29) is 11.5 Å². The highest BCUT2D eigenvalue weighted by Crippen LogP contribution is 2.18. The van der Waals surface area contributed by atoms with Crippen molar-refractivity contribution in [2.45, 2.75) is 12.7 Å². The molecule has 4 nitrogen and oxygen atoms in total. The van der Waals surface area contributed by atoms with Gasteiger partial charge >= 0.3 is 6.18 Å². The van der Waals surface area contributed by atoms with Crippen LogP contribution >= 0.6 is 0 Å². The second kappa shape index (κ2) is 3.60. The van der Waals surface area contributed by atoms with Gasteiger partial charge in [-0.3, -0.25) is 0 Å². The fourth-order valence-corrected chi connectivity index (χ4v) is 1.03. The zero-order valence-corrected chi connectivity index (χ0v) is 6.99. The topological polar surface area (TPSA) is 63.5 Å². The number of oxime groups is 1. The molecule has 1 rings (SSSR count). The van der Waals surface area contributed by atoms with Gasteiger partial charge in [0, 0.05) is 6.20 Å². The van der Waals surface area contributed by atoms with Gasteiger partial charge in [-0.05, 0) is 12.1 Å². The normalized spacial score (nSPS) is 13.2. The van der Waals surface area contributed by atoms with Crippen LogP contribution in [-0.2, 0) is 6.54 Å². The summed E-state index contributed by atoms with van der Waals surface area (Å²) < 4.78 is 36.9. The van der Waals surface area contributed by atoms with Crippen LogP contribution in [0.5, 0.6) is 0 Å². The van der Waals surface area contributed by atoms with Gasteiger partial charge in [0.2, 0.25) is 0 Å². The number of hydrogen-bond donors (Lipinski definition) is 2. The quantitative estimate of drug-likeness (QED) is 0.330. The average Bonchev–Trinajstić information content (AvgIpc) is 2.48. The molecule has 0 saturated heterocycles. The van der Waals surface area contributed by atoms with Crippen LogP contribution in [0.25, 0.3) is 0 Å². The first-order chi connectivity index (χ1) is 6.44. The zero-order valence-electron chi connectivity index (χ0n) is 6.99. The van der Waals surface area contributed by atoms with Crippen molar-refractivity contribution in [3.63, 3.8) is 0 Å². The van der Waals surface area contributed by atoms with Gasteiger partial charge in [0.05, 0.1) is 5.69 Å². The maximum atomic E-state index is 12.0. The second-order valence-electron chi connectivity index (χ2n) is 2.62. The smallest absolute Gasteiger partial charge is 0.406 e. The van der Waals surface area contributed by atoms with Crippen molar-refractivity contribution in [2.75, 3.05) is 0 Å². The molecule has 14 heavy (non-hydrogen) atoms. The molecule has 0 saturated carbocycles. The van der Waals surface area contributed by atoms with E-state index in [1.165, 1.54) is 18.3 Å². The van der Waals surface area contributed by atoms with Crippen molar-refractivity contribution in [1.29, 1.82) is 0 Å². The van der Waals surface area contributed by atoms with Gasteiger partial charge in [0.1, 0.15) is 6.54 Å². The summed E-state index contributed by atoms with van der Waals surface area (Å²) in [6.07, 6.45) is -3.12. The Morgan fingerprint density at radius 1 is 1.57 bits per heavy atom. The van der Waals surface area contributed by atoms with Crippen molar-refractivity contribution in [2.24, 2.45) is 10.9 Å². The number of rotatable bonds is 2. The molecule has 7 heteroatoms. The summed E-state index contributed by atoms with van der Waals surface area (Å²) >= 11 is 0. The predicted octanol–water partition coefficient (Wildman–Crippen LogP) is 1.14. The standard InChI is InChI=1S/C7H8F3N3O/c8-7(9,10)4-13-3-1-2-5(13)6(11)12-14/h1-3,14H,4H2,(H2,11,12). The van der Waals surface area contributed by atoms with Crippen LogP contribution in [0.1, 0.15) is 5.69 Å². The van der Waals surface area contributed by atoms with E-state index in [9.17, 15) is 13.2 Å². The molecule has 0 radical (unpaired) electrons. The monoisotopic (exact) mass is 207 g/mol. The molecule has 3 N–H and O–H groups in total. The first-order valence-corrected chi connectivity index (χ1v) is 3.64. The molecular formula is C7H8F3N3O. The number of halogens is 3. The maximum Gasteiger partial charge on any atom is 0.406 e. The third-order valence-corrected chi connectivity index (χ3v) is 1.55. The summed E-state index contributed by atoms with van der Waals surface area (Å²) in [5.41, 5.74) is 5.20. The van der Waals surface area contributed by atoms with Gasteiger partial charge in [0.15, 0.2) is 5.84 Å². The summed E-state index contributed by atoms with van der Waals surface area (Å²) in [6.45, 7) is -1.16. The Morgan fingerprint density at radius 3 is 2.71 bits per heavy atom. The van der Waals surface area contributed by atoms with E-state index in [4.69, 9.17) is 10.9 Å². The number of amidine groups is 1. The largest absolute Gasteiger partial charge is 0.409 e. The minimum absolute atomic E-state index is 0.0322. The molecular weight excluding hydrogens is 199 g/mol. The Kier molecular flexibility index (Phi) is 2.68. The molecule has 0 unspecified atom stereocenters. The van der Waals surface area contributed by atoms with Crippen LogP contribution in [0.4, 0.5) is 13.2 Å². The Morgan fingerprint density at radius 2 is 2.21 bits per heavy atom. The minimum atomic E-state index is -4.33. The van der Waals surface area contributed by atoms with E-state index in [2.05, 4.69) is 5.16 Å². The van der Waals surface area contributed by atoms with E-state index in [0.717, 1.165) is 4.57 Å². The molecule has 1 heterocycles. The molecule has 0 aliphatic heterocycles. The zero-order chi connectivity index (χ0) is 10.8. The van der Waals surface area contributed by atoms with Crippen LogP contribution in [0.2, 0.25) is 0 Å². The molecule has 0 amide bonds. The lowest BCUT2D eigenvalue weighted by Crippen LogP contribution is -2.23. The lowest BCUT2D eigenvalue weighted by Gasteiger charge is -2.10. The van der Waals surface area contributed by atoms with Gasteiger partial charge in [-0.15, -0.1) is 0 Å². The fourth-order valence-electron chi connectivity index (χ4n) is 1.03. The summed E-state index contributed by atoms with van der Waals surface area (Å²) in [5, 5.41) is 10.9. The summed E-state index contributed by atoms with van der Waals surface area (Å²) in [6, 6.07) is 2.72. The fraction of sp³-hybridized carbons (Fsp3) is 0.286. The van der Waals surface area contributed by atoms with E-state index < -0.39 is 12.7 Å². The molecule has 0 bridgehead atoms. The van der Waals surface area contributed by atoms with Crippen LogP contribution in [0.15, 0.2) is 23.5 Å². The Bertz CT molecular complexity index is 342. The van der Waals surface area contributed by atoms with Crippen LogP contribution < -0.4 is 5.73 Å². The average molecular weight is 207 g/mol. The van der Waals surface area contributed by atoms with Gasteiger partial charge in [0.25, 0.3) is 0 Å². The summed E-state index contributed by atoms with van der Waals surface area (Å²) in [5.74, 6) is -0.348. The molecule has 0 spiro atoms. The summed E-state index contributed by atoms with van der Waals surface area (Å²) in [7, 11) is 0. The number of hydrogen-bond acceptors (Lipinski definition) is 2. The molecule has 0 aliphatic carbocycles. The van der Waals surface area contributed by atoms with Gasteiger partial charge in [-0.25, -0.2) is 0 Å². The predicted molar refractivity (Wildman–Crippen MR) is 43.0 cm³/mol. The number of nitrogens with two attached hydrogens (primary N) is 1. The van der Waals surface area contributed by atoms with Crippen molar-refractivity contribution < 1.29 is 18.4 Å². The summed E-state index contributed by atoms with van der Waals surface area (Å²) in [4.78, 5) is 0. The molecule has 1 aromatic rings. The van der Waals surface area contributed by atoms with Crippen molar-refractivity contribution in [3.05, 3.63) is 24.0 Å². The SMILES string of the molecule is N/C(=N/O)c1cccn1CC(F)(F)F. The van der Waals surface area contributed by atoms with Crippen molar-refractivity contribution >= 4 is 5.84 Å². The number of alkyl halides is 3. The Labute approximate surface area is 77.4 Å². The Balaban J connectivity index is 2.94. The van der Waals surface area contributed by atoms with Gasteiger partial charge in [-0.1, -0.05) is 5.16 Å². The number of nitrogens with zero attached hydrogens (tertiary/aromatic N) is 2. The number of aromatic nitrogens is 1. The maximum absolute atomic E-state index is 12.0. The van der Waals surface area contributed by atoms with E-state index in [0.29, 0.717) is 0 Å². The molecule has 0 aromatic carbocycles. The molecule has 1 aromatic heterocycles. The van der Waals surface area contributed by atoms with Crippen LogP contribution in [0.3, 0.4) is 0 Å². The van der Waals surface area contributed by atoms with Gasteiger partial charge in [-0.2, -0.15) is 13.2 Å². The highest BCUT2D eigenvalue weighted by atomic mass is 19.4. The highest BCUT2D eigenvalue weighted by molar-refractivity contribution is 5.95. The highest BCUT2D eigenvalue weighted by Gasteiger charge is 2.28. The Hall–Kier alpha value is -1.66. The van der Waals surface area contributed by atoms with E-state index >= 15 is 0 Å². The molecule has 0 aliphatic rings. The van der Waals surface area contributed by atoms with Crippen LogP contribution in [-0.4, -0.2) is 21.8 Å². The lowest BCUT2D eigenvalue weighted by atomic mass is 10.4. The van der Waals surface area contributed by atoms with E-state index in [1.54, 1.807) is 0 Å². The first kappa shape index (κ1) is 10.4. The van der Waals surface area contributed by atoms with E-state index in [1.807, 2.05) is 0 Å². The molecule has 0 fully saturated rings. The second-order valence-corrected chi connectivity index (χ2v) is 2.62. The minimum Gasteiger partial charge on any atom is -0.409 e. The third kappa shape index (κ3) is 2.41. The molecule has 78 valence electrons. The first-order valence-electron chi connectivity index (χ1n) is 3.64. The van der Waals surface area contributed by atoms with Gasteiger partial charge < -0.3 is 15.5 Å². The van der Waals surface area contributed by atoms with Crippen molar-refractivity contribution in [3.8, 4) is 0 Å². The molecule has 0 atom stereocenters. The van der Waals surface area contributed by atoms with Crippen LogP contribution in [0, 0.1) is 0 Å². The lowest BCUT2D eigenvalue weighted by molar-refractivity contribution is -0.140.